The highest BCUT2D eigenvalue weighted by Gasteiger charge is 2.42. The summed E-state index contributed by atoms with van der Waals surface area (Å²) in [7, 11) is -6.43. The molecule has 646 valence electrons. The van der Waals surface area contributed by atoms with Gasteiger partial charge in [-0.3, -0.25) is 18.8 Å². The summed E-state index contributed by atoms with van der Waals surface area (Å²) in [6.07, 6.45) is 31.8. The number of hydrogen-bond acceptors (Lipinski definition) is 18. The Bertz CT molecular complexity index is 5700. The van der Waals surface area contributed by atoms with Crippen LogP contribution in [-0.2, 0) is 188 Å². The van der Waals surface area contributed by atoms with Crippen molar-refractivity contribution in [3.05, 3.63) is 167 Å². The van der Waals surface area contributed by atoms with E-state index in [2.05, 4.69) is 79.7 Å². The number of aryl methyl sites for hydroxylation is 10. The number of fused-ring (bicyclic) bond motifs is 12. The van der Waals surface area contributed by atoms with Gasteiger partial charge in [0.15, 0.2) is 0 Å². The number of halogens is 2. The first kappa shape index (κ1) is 83.5. The lowest BCUT2D eigenvalue weighted by Crippen LogP contribution is -2.38. The Morgan fingerprint density at radius 2 is 0.752 bits per heavy atom. The highest BCUT2D eigenvalue weighted by molar-refractivity contribution is 7.91. The Kier molecular flexibility index (Phi) is 22.9. The zero-order chi connectivity index (χ0) is 84.8. The van der Waals surface area contributed by atoms with Crippen LogP contribution in [0.5, 0.6) is 5.88 Å². The lowest BCUT2D eigenvalue weighted by Gasteiger charge is -2.30. The largest absolute Gasteiger partial charge is 0.477 e. The highest BCUT2D eigenvalue weighted by atomic mass is 32.2. The van der Waals surface area contributed by atoms with Gasteiger partial charge in [0.25, 0.3) is 40.1 Å². The number of rotatable bonds is 14. The van der Waals surface area contributed by atoms with E-state index in [4.69, 9.17) is 4.74 Å². The fourth-order valence-electron chi connectivity index (χ4n) is 20.4. The third-order valence-electron chi connectivity index (χ3n) is 26.4. The number of nitrogens with one attached hydrogen (secondary N) is 8. The molecule has 0 bridgehead atoms. The summed E-state index contributed by atoms with van der Waals surface area (Å²) in [6, 6.07) is 6.00. The number of urea groups is 4. The fourth-order valence-corrected chi connectivity index (χ4v) is 24.7. The number of anilines is 4. The van der Waals surface area contributed by atoms with Crippen LogP contribution in [-0.4, -0.2) is 162 Å². The third-order valence-corrected chi connectivity index (χ3v) is 31.9. The summed E-state index contributed by atoms with van der Waals surface area (Å²) in [5.74, 6) is -0.465. The monoisotopic (exact) mass is 1740 g/mol. The van der Waals surface area contributed by atoms with E-state index in [9.17, 15) is 61.6 Å². The van der Waals surface area contributed by atoms with Crippen molar-refractivity contribution in [2.24, 2.45) is 0 Å². The van der Waals surface area contributed by atoms with Crippen molar-refractivity contribution in [3.8, 4) is 5.88 Å². The van der Waals surface area contributed by atoms with Gasteiger partial charge in [-0.2, -0.15) is 19.0 Å². The number of ether oxygens (including phenoxy) is 1. The van der Waals surface area contributed by atoms with Crippen molar-refractivity contribution in [1.29, 1.82) is 0 Å². The predicted octanol–water partition coefficient (Wildman–Crippen LogP) is 10.2. The zero-order valence-corrected chi connectivity index (χ0v) is 72.2. The normalized spacial score (nSPS) is 19.2. The average Bonchev–Trinajstić information content (AvgIpc) is 1.63. The molecule has 0 fully saturated rings. The van der Waals surface area contributed by atoms with Gasteiger partial charge >= 0.3 is 30.2 Å². The summed E-state index contributed by atoms with van der Waals surface area (Å²) in [5, 5.41) is 19.9. The molecule has 121 heavy (non-hydrogen) atoms. The van der Waals surface area contributed by atoms with Crippen LogP contribution in [0.1, 0.15) is 177 Å². The van der Waals surface area contributed by atoms with Crippen LogP contribution in [0.2, 0.25) is 0 Å². The first-order valence-corrected chi connectivity index (χ1v) is 48.3. The van der Waals surface area contributed by atoms with Crippen molar-refractivity contribution < 1.29 is 66.4 Å². The van der Waals surface area contributed by atoms with Crippen LogP contribution in [0.3, 0.4) is 0 Å². The number of carbonyl (C=O) groups excluding carboxylic acids is 4. The summed E-state index contributed by atoms with van der Waals surface area (Å²) in [4.78, 5) is 57.2. The topological polar surface area (TPSA) is 366 Å². The number of alkyl halides is 2. The summed E-state index contributed by atoms with van der Waals surface area (Å²) >= 11 is 0. The molecule has 36 heteroatoms. The SMILES string of the molecule is CN(C)C1CCn2ccc(S(=O)(=O)NC(=O)Nc3c4c(cc5c3CCC5)CCC4)c2C1.CN(C)C1CCn2ncc(S(=O)(=O)NC(=O)Nc3c4c(cc5c3CCC5)CCC4)c2C1.CN1CCn2ncc(S(=O)(=O)NC(=O)Nc3c4c(cc5c3CCC5)CCC4)c2C1.O=C(Nc1c2c(cc3c1CCC3)CCC2)NS(=O)(=O)c1ccn2c1OCCC2(F)F. The number of nitrogens with zero attached hydrogens (tertiary/aromatic N) is 9. The smallest absolute Gasteiger partial charge is 0.334 e. The average molecular weight is 1740 g/mol. The number of aromatic nitrogens is 6. The second-order valence-corrected chi connectivity index (χ2v) is 41.0. The number of amides is 8. The van der Waals surface area contributed by atoms with Crippen LogP contribution >= 0.6 is 0 Å². The van der Waals surface area contributed by atoms with Crippen LogP contribution in [0.25, 0.3) is 0 Å². The van der Waals surface area contributed by atoms with Crippen LogP contribution in [0.4, 0.5) is 50.7 Å². The maximum Gasteiger partial charge on any atom is 0.334 e. The minimum atomic E-state index is -4.40. The molecule has 8 N–H and O–H groups in total. The predicted molar refractivity (Wildman–Crippen MR) is 451 cm³/mol. The molecule has 8 amide bonds. The standard InChI is InChI=1S/C23H30N4O3S.C22H29N5O3S.C20H21F2N3O4S.C20H25N5O3S/c1-26(2)17-9-11-27-12-10-21(20(27)14-17)31(29,30)25-23(28)24-22-18-7-3-5-15(18)13-16-6-4-8-19(16)22;1-26(2)16-9-10-27-19(12-16)20(13-23-27)31(29,30)25-22(28)24-21-17-7-3-5-14(17)11-15-6-4-8-18(15)21;21-20(22)8-10-29-18-16(7-9-25(18)20)30(27,28)24-19(26)23-17-14-5-1-3-12(14)11-13-4-2-6-15(13)17;1-24-8-9-25-17(12-24)18(11-21-25)29(27,28)23-20(26)22-19-15-6-2-4-13(15)10-14-5-3-7-16(14)19/h10,12-13,17H,3-9,11,14H2,1-2H3,(H2,24,25,28);11,13,16H,3-10,12H2,1-2H3,(H2,24,25,28);7,9,11H,1-6,8,10H2,(H2,23,24,26);10-11H,2-9,12H2,1H3,(H2,22,23,26). The van der Waals surface area contributed by atoms with Crippen molar-refractivity contribution in [1.82, 2.24) is 62.3 Å². The molecule has 30 nitrogen and oxygen atoms in total. The van der Waals surface area contributed by atoms with E-state index in [1.54, 1.807) is 15.4 Å². The number of benzene rings is 4. The maximum absolute atomic E-state index is 14.0. The quantitative estimate of drug-likeness (QED) is 0.0501. The Balaban J connectivity index is 0.000000115. The van der Waals surface area contributed by atoms with Gasteiger partial charge in [-0.1, -0.05) is 24.3 Å². The van der Waals surface area contributed by atoms with Gasteiger partial charge in [0.1, 0.15) is 19.6 Å². The van der Waals surface area contributed by atoms with Gasteiger partial charge in [0.05, 0.1) is 43.4 Å². The minimum absolute atomic E-state index is 0.0720. The minimum Gasteiger partial charge on any atom is -0.477 e. The molecule has 8 aromatic rings. The fraction of sp³-hybridized carbons (Fsp3) is 0.506. The van der Waals surface area contributed by atoms with E-state index in [1.807, 2.05) is 55.6 Å². The molecule has 0 spiro atoms. The molecule has 0 saturated carbocycles. The number of likely N-dealkylation sites (N-methyl/N-ethyl adjacent to an activating group) is 3. The molecule has 20 rings (SSSR count). The molecule has 8 aliphatic carbocycles. The molecule has 0 radical (unpaired) electrons. The molecule has 8 heterocycles. The highest BCUT2D eigenvalue weighted by Crippen LogP contribution is 2.45. The molecular formula is C85H105F2N17O13S4. The second kappa shape index (κ2) is 33.2. The third kappa shape index (κ3) is 16.7. The summed E-state index contributed by atoms with van der Waals surface area (Å²) in [5.41, 5.74) is 24.6. The van der Waals surface area contributed by atoms with Gasteiger partial charge in [-0.15, -0.1) is 0 Å². The zero-order valence-electron chi connectivity index (χ0n) is 68.9. The van der Waals surface area contributed by atoms with Crippen molar-refractivity contribution in [2.75, 3.05) is 69.7 Å². The van der Waals surface area contributed by atoms with E-state index >= 15 is 0 Å². The molecule has 4 aromatic carbocycles. The van der Waals surface area contributed by atoms with Crippen LogP contribution in [0, 0.1) is 0 Å². The summed E-state index contributed by atoms with van der Waals surface area (Å²) < 4.78 is 151. The van der Waals surface area contributed by atoms with E-state index < -0.39 is 87.5 Å². The second-order valence-electron chi connectivity index (χ2n) is 34.4. The van der Waals surface area contributed by atoms with E-state index in [0.29, 0.717) is 60.2 Å². The van der Waals surface area contributed by atoms with Crippen LogP contribution < -0.4 is 44.9 Å². The van der Waals surface area contributed by atoms with Gasteiger partial charge in [-0.05, 0) is 303 Å². The van der Waals surface area contributed by atoms with E-state index in [-0.39, 0.29) is 27.3 Å². The Hall–Kier alpha value is -9.72. The Morgan fingerprint density at radius 1 is 0.421 bits per heavy atom. The van der Waals surface area contributed by atoms with Gasteiger partial charge in [0.2, 0.25) is 5.88 Å². The lowest BCUT2D eigenvalue weighted by molar-refractivity contribution is -0.119. The molecule has 4 aromatic heterocycles. The van der Waals surface area contributed by atoms with Gasteiger partial charge in [0, 0.05) is 91.9 Å². The number of carbonyl (C=O) groups is 4. The Morgan fingerprint density at radius 3 is 1.13 bits per heavy atom. The molecule has 0 saturated heterocycles. The van der Waals surface area contributed by atoms with Crippen molar-refractivity contribution in [2.45, 2.75) is 250 Å². The maximum atomic E-state index is 14.0. The van der Waals surface area contributed by atoms with Crippen LogP contribution in [0.15, 0.2) is 80.8 Å². The first-order chi connectivity index (χ1) is 57.8. The number of sulfonamides is 4. The molecule has 12 aliphatic rings. The Labute approximate surface area is 704 Å². The van der Waals surface area contributed by atoms with Gasteiger partial charge in [-0.25, -0.2) is 71.7 Å². The van der Waals surface area contributed by atoms with E-state index in [1.165, 1.54) is 90.3 Å². The molecule has 2 atom stereocenters. The van der Waals surface area contributed by atoms with Gasteiger partial charge < -0.3 is 40.4 Å². The summed E-state index contributed by atoms with van der Waals surface area (Å²) in [6.45, 7) is 3.07. The molecular weight excluding hydrogens is 1630 g/mol. The molecule has 4 aliphatic heterocycles. The molecule has 2 unspecified atom stereocenters. The lowest BCUT2D eigenvalue weighted by atomic mass is 9.99. The van der Waals surface area contributed by atoms with E-state index in [0.717, 1.165) is 226 Å². The van der Waals surface area contributed by atoms with Crippen molar-refractivity contribution >= 4 is 87.0 Å². The first-order valence-electron chi connectivity index (χ1n) is 42.4. The van der Waals surface area contributed by atoms with Crippen molar-refractivity contribution in [3.63, 3.8) is 0 Å². The number of hydrogen-bond donors (Lipinski definition) is 8.